The largest absolute Gasteiger partial charge is 0.496 e. The van der Waals surface area contributed by atoms with Crippen LogP contribution in [0.5, 0.6) is 5.75 Å². The normalized spacial score (nSPS) is 15.5. The van der Waals surface area contributed by atoms with E-state index in [2.05, 4.69) is 5.32 Å². The number of carbonyl (C=O) groups is 2. The number of hydrogen-bond donors (Lipinski definition) is 1. The number of anilines is 2. The van der Waals surface area contributed by atoms with Gasteiger partial charge >= 0.3 is 0 Å². The number of hydrogen-bond acceptors (Lipinski definition) is 3. The van der Waals surface area contributed by atoms with E-state index < -0.39 is 0 Å². The van der Waals surface area contributed by atoms with E-state index in [-0.39, 0.29) is 11.8 Å². The predicted molar refractivity (Wildman–Crippen MR) is 101 cm³/mol. The molecule has 134 valence electrons. The van der Waals surface area contributed by atoms with Crippen molar-refractivity contribution in [2.45, 2.75) is 25.7 Å². The lowest BCUT2D eigenvalue weighted by molar-refractivity contribution is -0.119. The molecule has 2 aliphatic heterocycles. The second-order valence-corrected chi connectivity index (χ2v) is 7.03. The zero-order chi connectivity index (χ0) is 18.3. The van der Waals surface area contributed by atoms with Crippen LogP contribution in [0.3, 0.4) is 0 Å². The molecule has 26 heavy (non-hydrogen) atoms. The summed E-state index contributed by atoms with van der Waals surface area (Å²) in [5.41, 5.74) is 4.42. The second-order valence-electron chi connectivity index (χ2n) is 6.59. The van der Waals surface area contributed by atoms with Gasteiger partial charge in [-0.05, 0) is 60.7 Å². The Morgan fingerprint density at radius 1 is 1.15 bits per heavy atom. The fraction of sp³-hybridized carbons (Fsp3) is 0.300. The zero-order valence-corrected chi connectivity index (χ0v) is 15.2. The maximum atomic E-state index is 12.7. The van der Waals surface area contributed by atoms with Crippen molar-refractivity contribution in [3.8, 4) is 5.75 Å². The Bertz CT molecular complexity index is 893. The molecule has 0 aliphatic carbocycles. The van der Waals surface area contributed by atoms with Gasteiger partial charge in [-0.15, -0.1) is 0 Å². The molecule has 2 heterocycles. The van der Waals surface area contributed by atoms with Gasteiger partial charge in [0.05, 0.1) is 18.4 Å². The van der Waals surface area contributed by atoms with Crippen LogP contribution in [0.2, 0.25) is 5.02 Å². The summed E-state index contributed by atoms with van der Waals surface area (Å²) >= 11 is 6.03. The molecule has 0 bridgehead atoms. The first kappa shape index (κ1) is 16.9. The number of halogens is 1. The molecule has 0 fully saturated rings. The summed E-state index contributed by atoms with van der Waals surface area (Å²) in [7, 11) is 1.52. The lowest BCUT2D eigenvalue weighted by atomic mass is 9.91. The van der Waals surface area contributed by atoms with Gasteiger partial charge in [0.1, 0.15) is 5.75 Å². The number of methoxy groups -OCH3 is 1. The van der Waals surface area contributed by atoms with Crippen molar-refractivity contribution in [2.75, 3.05) is 23.9 Å². The average Bonchev–Trinajstić information content (AvgIpc) is 2.64. The van der Waals surface area contributed by atoms with Crippen LogP contribution in [0.15, 0.2) is 30.3 Å². The SMILES string of the molecule is COc1ccc(Cl)cc1C(=O)Nc1cc2c3c(c1)CCC(=O)N3CCC2. The first-order valence-corrected chi connectivity index (χ1v) is 9.05. The molecule has 0 radical (unpaired) electrons. The van der Waals surface area contributed by atoms with Gasteiger partial charge in [0.2, 0.25) is 5.91 Å². The minimum absolute atomic E-state index is 0.193. The van der Waals surface area contributed by atoms with Crippen LogP contribution >= 0.6 is 11.6 Å². The molecule has 0 atom stereocenters. The highest BCUT2D eigenvalue weighted by atomic mass is 35.5. The van der Waals surface area contributed by atoms with Gasteiger partial charge < -0.3 is 15.0 Å². The van der Waals surface area contributed by atoms with Gasteiger partial charge in [-0.1, -0.05) is 11.6 Å². The molecule has 2 aromatic rings. The second kappa shape index (κ2) is 6.65. The number of aryl methyl sites for hydroxylation is 2. The lowest BCUT2D eigenvalue weighted by Gasteiger charge is -2.35. The van der Waals surface area contributed by atoms with E-state index in [4.69, 9.17) is 16.3 Å². The van der Waals surface area contributed by atoms with E-state index in [9.17, 15) is 9.59 Å². The average molecular weight is 371 g/mol. The fourth-order valence-electron chi connectivity index (χ4n) is 3.78. The zero-order valence-electron chi connectivity index (χ0n) is 14.5. The van der Waals surface area contributed by atoms with E-state index >= 15 is 0 Å². The molecule has 0 unspecified atom stereocenters. The Labute approximate surface area is 156 Å². The van der Waals surface area contributed by atoms with Crippen LogP contribution in [0.25, 0.3) is 0 Å². The van der Waals surface area contributed by atoms with Crippen LogP contribution in [0.1, 0.15) is 34.3 Å². The van der Waals surface area contributed by atoms with Crippen LogP contribution < -0.4 is 15.0 Å². The van der Waals surface area contributed by atoms with Crippen molar-refractivity contribution in [1.82, 2.24) is 0 Å². The summed E-state index contributed by atoms with van der Waals surface area (Å²) in [6, 6.07) is 8.90. The summed E-state index contributed by atoms with van der Waals surface area (Å²) < 4.78 is 5.27. The summed E-state index contributed by atoms with van der Waals surface area (Å²) in [5, 5.41) is 3.43. The molecule has 0 spiro atoms. The third-order valence-corrected chi connectivity index (χ3v) is 5.17. The molecular formula is C20H19ClN2O3. The molecule has 6 heteroatoms. The molecule has 0 saturated heterocycles. The van der Waals surface area contributed by atoms with Crippen molar-refractivity contribution in [2.24, 2.45) is 0 Å². The summed E-state index contributed by atoms with van der Waals surface area (Å²) in [4.78, 5) is 26.8. The predicted octanol–water partition coefficient (Wildman–Crippen LogP) is 3.83. The Kier molecular flexibility index (Phi) is 4.32. The maximum absolute atomic E-state index is 12.7. The molecule has 2 aliphatic rings. The van der Waals surface area contributed by atoms with E-state index in [1.807, 2.05) is 17.0 Å². The van der Waals surface area contributed by atoms with Gasteiger partial charge in [0.25, 0.3) is 5.91 Å². The smallest absolute Gasteiger partial charge is 0.259 e. The summed E-state index contributed by atoms with van der Waals surface area (Å²) in [6.45, 7) is 0.782. The molecular weight excluding hydrogens is 352 g/mol. The standard InChI is InChI=1S/C20H19ClN2O3/c1-26-17-6-5-14(21)11-16(17)20(25)22-15-9-12-3-2-8-23-18(24)7-4-13(10-15)19(12)23/h5-6,9-11H,2-4,7-8H2,1H3,(H,22,25). The van der Waals surface area contributed by atoms with Crippen molar-refractivity contribution in [3.63, 3.8) is 0 Å². The summed E-state index contributed by atoms with van der Waals surface area (Å²) in [5.74, 6) is 0.401. The Morgan fingerprint density at radius 2 is 1.92 bits per heavy atom. The minimum Gasteiger partial charge on any atom is -0.496 e. The van der Waals surface area contributed by atoms with Crippen molar-refractivity contribution >= 4 is 34.8 Å². The van der Waals surface area contributed by atoms with Crippen LogP contribution in [-0.4, -0.2) is 25.5 Å². The van der Waals surface area contributed by atoms with E-state index in [0.29, 0.717) is 29.2 Å². The molecule has 2 aromatic carbocycles. The van der Waals surface area contributed by atoms with Gasteiger partial charge in [-0.2, -0.15) is 0 Å². The monoisotopic (exact) mass is 370 g/mol. The van der Waals surface area contributed by atoms with Gasteiger partial charge in [0.15, 0.2) is 0 Å². The number of benzene rings is 2. The van der Waals surface area contributed by atoms with Crippen LogP contribution in [-0.2, 0) is 17.6 Å². The lowest BCUT2D eigenvalue weighted by Crippen LogP contribution is -2.39. The van der Waals surface area contributed by atoms with Gasteiger partial charge in [0, 0.05) is 23.7 Å². The van der Waals surface area contributed by atoms with E-state index in [1.54, 1.807) is 18.2 Å². The Morgan fingerprint density at radius 3 is 2.69 bits per heavy atom. The summed E-state index contributed by atoms with van der Waals surface area (Å²) in [6.07, 6.45) is 3.09. The molecule has 0 aromatic heterocycles. The first-order chi connectivity index (χ1) is 12.6. The minimum atomic E-state index is -0.268. The highest BCUT2D eigenvalue weighted by Crippen LogP contribution is 2.38. The Hall–Kier alpha value is -2.53. The molecule has 0 saturated carbocycles. The molecule has 1 N–H and O–H groups in total. The quantitative estimate of drug-likeness (QED) is 0.893. The third kappa shape index (κ3) is 2.92. The number of nitrogens with zero attached hydrogens (tertiary/aromatic N) is 1. The van der Waals surface area contributed by atoms with E-state index in [1.165, 1.54) is 7.11 Å². The fourth-order valence-corrected chi connectivity index (χ4v) is 3.95. The maximum Gasteiger partial charge on any atom is 0.259 e. The van der Waals surface area contributed by atoms with Crippen LogP contribution in [0.4, 0.5) is 11.4 Å². The number of carbonyl (C=O) groups excluding carboxylic acids is 2. The van der Waals surface area contributed by atoms with Gasteiger partial charge in [-0.3, -0.25) is 9.59 Å². The topological polar surface area (TPSA) is 58.6 Å². The number of amides is 2. The number of nitrogens with one attached hydrogen (secondary N) is 1. The molecule has 5 nitrogen and oxygen atoms in total. The van der Waals surface area contributed by atoms with Crippen molar-refractivity contribution < 1.29 is 14.3 Å². The third-order valence-electron chi connectivity index (χ3n) is 4.94. The molecule has 4 rings (SSSR count). The number of rotatable bonds is 3. The van der Waals surface area contributed by atoms with Gasteiger partial charge in [-0.25, -0.2) is 0 Å². The van der Waals surface area contributed by atoms with Crippen LogP contribution in [0, 0.1) is 0 Å². The van der Waals surface area contributed by atoms with E-state index in [0.717, 1.165) is 41.9 Å². The first-order valence-electron chi connectivity index (χ1n) is 8.68. The van der Waals surface area contributed by atoms with Crippen molar-refractivity contribution in [1.29, 1.82) is 0 Å². The highest BCUT2D eigenvalue weighted by Gasteiger charge is 2.29. The highest BCUT2D eigenvalue weighted by molar-refractivity contribution is 6.31. The number of ether oxygens (including phenoxy) is 1. The Balaban J connectivity index is 1.67. The molecule has 2 amide bonds. The van der Waals surface area contributed by atoms with Crippen molar-refractivity contribution in [3.05, 3.63) is 52.0 Å².